The highest BCUT2D eigenvalue weighted by atomic mass is 17.1. The summed E-state index contributed by atoms with van der Waals surface area (Å²) in [7, 11) is 0. The van der Waals surface area contributed by atoms with Crippen molar-refractivity contribution in [1.82, 2.24) is 5.39 Å². The fourth-order valence-electron chi connectivity index (χ4n) is 0.873. The van der Waals surface area contributed by atoms with Gasteiger partial charge in [-0.25, -0.2) is 4.84 Å². The van der Waals surface area contributed by atoms with Crippen LogP contribution < -0.4 is 0 Å². The number of benzene rings is 1. The minimum absolute atomic E-state index is 0.00668. The van der Waals surface area contributed by atoms with Crippen molar-refractivity contribution in [1.29, 1.82) is 0 Å². The molecular weight excluding hydrogens is 174 g/mol. The largest absolute Gasteiger partial charge is 0.392 e. The van der Waals surface area contributed by atoms with Crippen LogP contribution in [0.2, 0.25) is 0 Å². The average Bonchev–Trinajstić information content (AvgIpc) is 2.15. The van der Waals surface area contributed by atoms with E-state index in [4.69, 9.17) is 15.5 Å². The number of hydrogen-bond acceptors (Lipinski definition) is 5. The van der Waals surface area contributed by atoms with E-state index in [9.17, 15) is 0 Å². The maximum Gasteiger partial charge on any atom is 0.0987 e. The second kappa shape index (κ2) is 4.90. The first-order valence-electron chi connectivity index (χ1n) is 3.72. The quantitative estimate of drug-likeness (QED) is 0.602. The van der Waals surface area contributed by atoms with E-state index >= 15 is 0 Å². The molecule has 0 aromatic heterocycles. The first-order valence-corrected chi connectivity index (χ1v) is 3.72. The van der Waals surface area contributed by atoms with E-state index in [2.05, 4.69) is 4.84 Å². The molecule has 0 amide bonds. The molecule has 5 nitrogen and oxygen atoms in total. The molecule has 0 fully saturated rings. The lowest BCUT2D eigenvalue weighted by Gasteiger charge is -2.06. The number of aliphatic hydroxyl groups is 1. The third kappa shape index (κ3) is 3.49. The molecule has 0 aliphatic heterocycles. The van der Waals surface area contributed by atoms with E-state index in [1.54, 1.807) is 24.3 Å². The summed E-state index contributed by atoms with van der Waals surface area (Å²) in [6.07, 6.45) is 0. The van der Waals surface area contributed by atoms with E-state index in [0.717, 1.165) is 11.1 Å². The summed E-state index contributed by atoms with van der Waals surface area (Å²) < 4.78 is 0. The molecule has 0 radical (unpaired) electrons. The van der Waals surface area contributed by atoms with Gasteiger partial charge in [-0.3, -0.25) is 10.4 Å². The molecule has 0 heterocycles. The van der Waals surface area contributed by atoms with Gasteiger partial charge >= 0.3 is 0 Å². The Balaban J connectivity index is 2.49. The predicted molar refractivity (Wildman–Crippen MR) is 42.6 cm³/mol. The second-order valence-electron chi connectivity index (χ2n) is 2.50. The van der Waals surface area contributed by atoms with Crippen LogP contribution in [0.15, 0.2) is 24.3 Å². The lowest BCUT2D eigenvalue weighted by Crippen LogP contribution is -2.13. The van der Waals surface area contributed by atoms with Gasteiger partial charge in [0.1, 0.15) is 0 Å². The normalized spacial score (nSPS) is 10.8. The van der Waals surface area contributed by atoms with Gasteiger partial charge in [-0.1, -0.05) is 24.3 Å². The van der Waals surface area contributed by atoms with Gasteiger partial charge in [0.15, 0.2) is 0 Å². The van der Waals surface area contributed by atoms with Gasteiger partial charge in [0.05, 0.1) is 18.6 Å². The average molecular weight is 185 g/mol. The van der Waals surface area contributed by atoms with E-state index in [1.807, 2.05) is 0 Å². The highest BCUT2D eigenvalue weighted by Crippen LogP contribution is 2.05. The van der Waals surface area contributed by atoms with Crippen molar-refractivity contribution in [2.24, 2.45) is 0 Å². The Hall–Kier alpha value is -0.980. The molecule has 13 heavy (non-hydrogen) atoms. The van der Waals surface area contributed by atoms with Crippen LogP contribution in [-0.4, -0.2) is 20.9 Å². The summed E-state index contributed by atoms with van der Waals surface area (Å²) in [5, 5.41) is 24.9. The summed E-state index contributed by atoms with van der Waals surface area (Å²) in [5.41, 5.74) is 1.58. The number of hydrogen-bond donors (Lipinski definition) is 3. The third-order valence-corrected chi connectivity index (χ3v) is 1.55. The Kier molecular flexibility index (Phi) is 3.81. The molecule has 0 aliphatic carbocycles. The van der Waals surface area contributed by atoms with Crippen LogP contribution in [-0.2, 0) is 18.1 Å². The van der Waals surface area contributed by atoms with Gasteiger partial charge in [0.25, 0.3) is 0 Å². The first-order chi connectivity index (χ1) is 6.22. The first kappa shape index (κ1) is 10.1. The Bertz CT molecular complexity index is 247. The van der Waals surface area contributed by atoms with Crippen LogP contribution in [0.4, 0.5) is 0 Å². The van der Waals surface area contributed by atoms with Crippen molar-refractivity contribution >= 4 is 0 Å². The topological polar surface area (TPSA) is 73.2 Å². The third-order valence-electron chi connectivity index (χ3n) is 1.55. The van der Waals surface area contributed by atoms with Crippen molar-refractivity contribution in [2.75, 3.05) is 0 Å². The Morgan fingerprint density at radius 1 is 1.08 bits per heavy atom. The maximum absolute atomic E-state index is 8.73. The fourth-order valence-corrected chi connectivity index (χ4v) is 0.873. The minimum Gasteiger partial charge on any atom is -0.392 e. The highest BCUT2D eigenvalue weighted by Gasteiger charge is 1.97. The minimum atomic E-state index is -0.333. The van der Waals surface area contributed by atoms with Gasteiger partial charge in [0, 0.05) is 0 Å². The molecule has 1 rings (SSSR count). The summed E-state index contributed by atoms with van der Waals surface area (Å²) in [4.78, 5) is 4.38. The molecule has 3 N–H and O–H groups in total. The van der Waals surface area contributed by atoms with Crippen molar-refractivity contribution in [3.63, 3.8) is 0 Å². The summed E-state index contributed by atoms with van der Waals surface area (Å²) in [6, 6.07) is 6.93. The van der Waals surface area contributed by atoms with Crippen molar-refractivity contribution in [2.45, 2.75) is 13.2 Å². The number of rotatable bonds is 4. The molecule has 0 atom stereocenters. The van der Waals surface area contributed by atoms with Crippen LogP contribution >= 0.6 is 0 Å². The molecule has 0 aliphatic rings. The zero-order chi connectivity index (χ0) is 9.68. The van der Waals surface area contributed by atoms with Crippen LogP contribution in [0.3, 0.4) is 0 Å². The van der Waals surface area contributed by atoms with Gasteiger partial charge in [-0.05, 0) is 11.1 Å². The maximum atomic E-state index is 8.73. The molecule has 0 unspecified atom stereocenters. The Morgan fingerprint density at radius 2 is 1.62 bits per heavy atom. The van der Waals surface area contributed by atoms with Crippen LogP contribution in [0.5, 0.6) is 0 Å². The molecule has 0 saturated carbocycles. The van der Waals surface area contributed by atoms with E-state index in [1.165, 1.54) is 0 Å². The van der Waals surface area contributed by atoms with Gasteiger partial charge in [0.2, 0.25) is 0 Å². The standard InChI is InChI=1S/C8H11NO4/c10-5-7-1-3-8(4-2-7)6-13-9(11)12/h1-4,10-12H,5-6H2. The molecule has 5 heteroatoms. The number of nitrogens with zero attached hydrogens (tertiary/aromatic N) is 1. The Labute approximate surface area is 75.3 Å². The summed E-state index contributed by atoms with van der Waals surface area (Å²) in [6.45, 7) is 0.0615. The molecule has 1 aromatic rings. The van der Waals surface area contributed by atoms with Crippen LogP contribution in [0.1, 0.15) is 11.1 Å². The van der Waals surface area contributed by atoms with Crippen molar-refractivity contribution in [3.8, 4) is 0 Å². The smallest absolute Gasteiger partial charge is 0.0987 e. The zero-order valence-electron chi connectivity index (χ0n) is 6.92. The predicted octanol–water partition coefficient (Wildman–Crippen LogP) is 0.691. The fraction of sp³-hybridized carbons (Fsp3) is 0.250. The second-order valence-corrected chi connectivity index (χ2v) is 2.50. The van der Waals surface area contributed by atoms with Gasteiger partial charge in [-0.2, -0.15) is 0 Å². The van der Waals surface area contributed by atoms with Crippen molar-refractivity contribution < 1.29 is 20.4 Å². The lowest BCUT2D eigenvalue weighted by atomic mass is 10.1. The highest BCUT2D eigenvalue weighted by molar-refractivity contribution is 5.21. The molecule has 0 saturated heterocycles. The number of aliphatic hydroxyl groups excluding tert-OH is 1. The van der Waals surface area contributed by atoms with Crippen molar-refractivity contribution in [3.05, 3.63) is 35.4 Å². The summed E-state index contributed by atoms with van der Waals surface area (Å²) in [5.74, 6) is 0. The van der Waals surface area contributed by atoms with Gasteiger partial charge < -0.3 is 5.11 Å². The molecular formula is C8H11NO4. The monoisotopic (exact) mass is 185 g/mol. The van der Waals surface area contributed by atoms with E-state index < -0.39 is 0 Å². The van der Waals surface area contributed by atoms with Crippen LogP contribution in [0.25, 0.3) is 0 Å². The summed E-state index contributed by atoms with van der Waals surface area (Å²) >= 11 is 0. The zero-order valence-corrected chi connectivity index (χ0v) is 6.92. The molecule has 1 aromatic carbocycles. The van der Waals surface area contributed by atoms with E-state index in [-0.39, 0.29) is 18.6 Å². The molecule has 0 bridgehead atoms. The van der Waals surface area contributed by atoms with E-state index in [0.29, 0.717) is 0 Å². The molecule has 0 spiro atoms. The molecule has 72 valence electrons. The lowest BCUT2D eigenvalue weighted by molar-refractivity contribution is -0.497. The van der Waals surface area contributed by atoms with Gasteiger partial charge in [-0.15, -0.1) is 0 Å². The SMILES string of the molecule is OCc1ccc(CON(O)O)cc1. The van der Waals surface area contributed by atoms with Crippen LogP contribution in [0, 0.1) is 0 Å². The Morgan fingerprint density at radius 3 is 2.08 bits per heavy atom.